The van der Waals surface area contributed by atoms with E-state index in [2.05, 4.69) is 10.0 Å². The Labute approximate surface area is 142 Å². The van der Waals surface area contributed by atoms with Crippen molar-refractivity contribution in [2.24, 2.45) is 0 Å². The lowest BCUT2D eigenvalue weighted by molar-refractivity contribution is -0.125. The Morgan fingerprint density at radius 2 is 2.00 bits per heavy atom. The number of carbonyl (C=O) groups is 1. The van der Waals surface area contributed by atoms with Gasteiger partial charge in [0.25, 0.3) is 10.2 Å². The van der Waals surface area contributed by atoms with E-state index in [1.165, 1.54) is 14.2 Å². The van der Waals surface area contributed by atoms with Gasteiger partial charge < -0.3 is 14.8 Å². The van der Waals surface area contributed by atoms with Crippen LogP contribution >= 0.6 is 0 Å². The lowest BCUT2D eigenvalue weighted by Gasteiger charge is -2.36. The van der Waals surface area contributed by atoms with Gasteiger partial charge in [-0.3, -0.25) is 4.79 Å². The Kier molecular flexibility index (Phi) is 6.16. The monoisotopic (exact) mass is 357 g/mol. The third-order valence-corrected chi connectivity index (χ3v) is 5.59. The van der Waals surface area contributed by atoms with Crippen LogP contribution in [0, 0.1) is 0 Å². The SMILES string of the molecule is COCCNC(=O)[C@H]1C[C@@H](c2ccc(OC)cc2)NS(=O)(=O)N1C. The van der Waals surface area contributed by atoms with Crippen LogP contribution in [0.4, 0.5) is 0 Å². The molecule has 1 aliphatic rings. The van der Waals surface area contributed by atoms with Gasteiger partial charge in [-0.1, -0.05) is 12.1 Å². The molecule has 24 heavy (non-hydrogen) atoms. The molecule has 9 heteroatoms. The number of benzene rings is 1. The van der Waals surface area contributed by atoms with Gasteiger partial charge in [-0.05, 0) is 24.1 Å². The summed E-state index contributed by atoms with van der Waals surface area (Å²) in [6.45, 7) is 0.704. The Morgan fingerprint density at radius 3 is 2.58 bits per heavy atom. The van der Waals surface area contributed by atoms with E-state index in [9.17, 15) is 13.2 Å². The van der Waals surface area contributed by atoms with Crippen molar-refractivity contribution < 1.29 is 22.7 Å². The van der Waals surface area contributed by atoms with Crippen LogP contribution in [-0.2, 0) is 19.7 Å². The molecule has 1 amide bonds. The van der Waals surface area contributed by atoms with Crippen LogP contribution in [0.1, 0.15) is 18.0 Å². The van der Waals surface area contributed by atoms with Crippen LogP contribution in [0.25, 0.3) is 0 Å². The third-order valence-electron chi connectivity index (χ3n) is 3.99. The number of ether oxygens (including phenoxy) is 2. The highest BCUT2D eigenvalue weighted by molar-refractivity contribution is 7.87. The predicted molar refractivity (Wildman–Crippen MR) is 88.8 cm³/mol. The van der Waals surface area contributed by atoms with Crippen molar-refractivity contribution in [1.82, 2.24) is 14.3 Å². The van der Waals surface area contributed by atoms with Crippen molar-refractivity contribution in [2.75, 3.05) is 34.4 Å². The topological polar surface area (TPSA) is 97.0 Å². The first-order valence-electron chi connectivity index (χ1n) is 7.55. The molecule has 0 aliphatic carbocycles. The number of rotatable bonds is 6. The first kappa shape index (κ1) is 18.7. The molecule has 1 fully saturated rings. The predicted octanol–water partition coefficient (Wildman–Crippen LogP) is 0.0374. The maximum Gasteiger partial charge on any atom is 0.280 e. The van der Waals surface area contributed by atoms with Crippen molar-refractivity contribution in [3.63, 3.8) is 0 Å². The lowest BCUT2D eigenvalue weighted by atomic mass is 9.99. The fourth-order valence-electron chi connectivity index (χ4n) is 2.56. The number of hydrogen-bond donors (Lipinski definition) is 2. The molecule has 1 saturated heterocycles. The van der Waals surface area contributed by atoms with Crippen molar-refractivity contribution in [2.45, 2.75) is 18.5 Å². The van der Waals surface area contributed by atoms with Gasteiger partial charge in [-0.25, -0.2) is 0 Å². The number of nitrogens with zero attached hydrogens (tertiary/aromatic N) is 1. The normalized spacial score (nSPS) is 23.6. The average molecular weight is 357 g/mol. The van der Waals surface area contributed by atoms with Gasteiger partial charge in [0.2, 0.25) is 5.91 Å². The van der Waals surface area contributed by atoms with Crippen LogP contribution in [0.15, 0.2) is 24.3 Å². The highest BCUT2D eigenvalue weighted by Gasteiger charge is 2.40. The summed E-state index contributed by atoms with van der Waals surface area (Å²) in [5, 5.41) is 2.69. The Bertz CT molecular complexity index is 662. The molecule has 0 saturated carbocycles. The molecule has 2 atom stereocenters. The molecule has 2 rings (SSSR count). The zero-order valence-corrected chi connectivity index (χ0v) is 14.8. The fraction of sp³-hybridized carbons (Fsp3) is 0.533. The van der Waals surface area contributed by atoms with Crippen LogP contribution in [0.5, 0.6) is 5.75 Å². The van der Waals surface area contributed by atoms with E-state index in [0.717, 1.165) is 9.87 Å². The van der Waals surface area contributed by atoms with Gasteiger partial charge >= 0.3 is 0 Å². The van der Waals surface area contributed by atoms with Crippen molar-refractivity contribution in [3.05, 3.63) is 29.8 Å². The van der Waals surface area contributed by atoms with Gasteiger partial charge in [0.1, 0.15) is 11.8 Å². The summed E-state index contributed by atoms with van der Waals surface area (Å²) in [7, 11) is 0.755. The van der Waals surface area contributed by atoms with Gasteiger partial charge in [0, 0.05) is 26.7 Å². The van der Waals surface area contributed by atoms with Crippen LogP contribution < -0.4 is 14.8 Å². The van der Waals surface area contributed by atoms with Crippen molar-refractivity contribution >= 4 is 16.1 Å². The smallest absolute Gasteiger partial charge is 0.280 e. The summed E-state index contributed by atoms with van der Waals surface area (Å²) in [5.74, 6) is 0.349. The van der Waals surface area contributed by atoms with Crippen molar-refractivity contribution in [3.8, 4) is 5.75 Å². The van der Waals surface area contributed by atoms with Crippen molar-refractivity contribution in [1.29, 1.82) is 0 Å². The number of hydrogen-bond acceptors (Lipinski definition) is 5. The molecule has 1 aliphatic heterocycles. The van der Waals surface area contributed by atoms with E-state index >= 15 is 0 Å². The second-order valence-corrected chi connectivity index (χ2v) is 7.26. The number of methoxy groups -OCH3 is 2. The third kappa shape index (κ3) is 4.23. The lowest BCUT2D eigenvalue weighted by Crippen LogP contribution is -2.57. The first-order chi connectivity index (χ1) is 11.4. The largest absolute Gasteiger partial charge is 0.497 e. The molecule has 8 nitrogen and oxygen atoms in total. The van der Waals surface area contributed by atoms with Gasteiger partial charge in [0.05, 0.1) is 13.7 Å². The second-order valence-electron chi connectivity index (χ2n) is 5.50. The molecular weight excluding hydrogens is 334 g/mol. The molecule has 134 valence electrons. The van der Waals surface area contributed by atoms with Crippen LogP contribution in [0.3, 0.4) is 0 Å². The summed E-state index contributed by atoms with van der Waals surface area (Å²) in [6, 6.07) is 5.84. The molecule has 0 aromatic heterocycles. The van der Waals surface area contributed by atoms with E-state index in [1.54, 1.807) is 31.4 Å². The van der Waals surface area contributed by atoms with Gasteiger partial charge in [-0.2, -0.15) is 17.4 Å². The molecule has 1 aromatic rings. The standard InChI is InChI=1S/C15H23N3O5S/c1-18-14(15(19)16-8-9-22-2)10-13(17-24(18,20)21)11-4-6-12(23-3)7-5-11/h4-7,13-14,17H,8-10H2,1-3H3,(H,16,19)/t13-,14+/m0/s1. The zero-order chi connectivity index (χ0) is 17.7. The number of carbonyl (C=O) groups excluding carboxylic acids is 1. The summed E-state index contributed by atoms with van der Waals surface area (Å²) in [6.07, 6.45) is 0.334. The maximum absolute atomic E-state index is 12.3. The molecule has 0 spiro atoms. The van der Waals surface area contributed by atoms with E-state index in [0.29, 0.717) is 25.3 Å². The average Bonchev–Trinajstić information content (AvgIpc) is 2.57. The van der Waals surface area contributed by atoms with Crippen LogP contribution in [-0.4, -0.2) is 59.1 Å². The summed E-state index contributed by atoms with van der Waals surface area (Å²) in [5.41, 5.74) is 0.780. The van der Waals surface area contributed by atoms with Gasteiger partial charge in [-0.15, -0.1) is 0 Å². The molecule has 0 bridgehead atoms. The fourth-order valence-corrected chi connectivity index (χ4v) is 3.83. The minimum atomic E-state index is -3.74. The Balaban J connectivity index is 2.17. The minimum absolute atomic E-state index is 0.334. The minimum Gasteiger partial charge on any atom is -0.497 e. The molecule has 0 unspecified atom stereocenters. The quantitative estimate of drug-likeness (QED) is 0.701. The number of nitrogens with one attached hydrogen (secondary N) is 2. The number of amides is 1. The first-order valence-corrected chi connectivity index (χ1v) is 8.99. The maximum atomic E-state index is 12.3. The highest BCUT2D eigenvalue weighted by atomic mass is 32.2. The van der Waals surface area contributed by atoms with E-state index < -0.39 is 22.3 Å². The molecule has 1 aromatic carbocycles. The zero-order valence-electron chi connectivity index (χ0n) is 14.0. The Morgan fingerprint density at radius 1 is 1.33 bits per heavy atom. The second kappa shape index (κ2) is 7.93. The molecule has 1 heterocycles. The van der Waals surface area contributed by atoms with E-state index in [-0.39, 0.29) is 5.91 Å². The summed E-state index contributed by atoms with van der Waals surface area (Å²) in [4.78, 5) is 12.3. The molecular formula is C15H23N3O5S. The van der Waals surface area contributed by atoms with Gasteiger partial charge in [0.15, 0.2) is 0 Å². The number of likely N-dealkylation sites (N-methyl/N-ethyl adjacent to an activating group) is 1. The molecule has 0 radical (unpaired) electrons. The molecule has 2 N–H and O–H groups in total. The van der Waals surface area contributed by atoms with E-state index in [1.807, 2.05) is 0 Å². The summed E-state index contributed by atoms with van der Waals surface area (Å²) < 4.78 is 38.3. The Hall–Kier alpha value is -1.68. The van der Waals surface area contributed by atoms with E-state index in [4.69, 9.17) is 9.47 Å². The summed E-state index contributed by atoms with van der Waals surface area (Å²) >= 11 is 0. The highest BCUT2D eigenvalue weighted by Crippen LogP contribution is 2.28. The van der Waals surface area contributed by atoms with Crippen LogP contribution in [0.2, 0.25) is 0 Å².